The van der Waals surface area contributed by atoms with Crippen molar-refractivity contribution < 1.29 is 19.1 Å². The van der Waals surface area contributed by atoms with Crippen LogP contribution in [0.25, 0.3) is 0 Å². The quantitative estimate of drug-likeness (QED) is 0.753. The van der Waals surface area contributed by atoms with Crippen molar-refractivity contribution in [2.45, 2.75) is 39.2 Å². The van der Waals surface area contributed by atoms with Crippen LogP contribution in [0.4, 0.5) is 0 Å². The first kappa shape index (κ1) is 20.5. The van der Waals surface area contributed by atoms with E-state index in [4.69, 9.17) is 4.74 Å². The first-order valence-corrected chi connectivity index (χ1v) is 8.97. The second kappa shape index (κ2) is 9.21. The highest BCUT2D eigenvalue weighted by Gasteiger charge is 2.13. The van der Waals surface area contributed by atoms with Crippen LogP contribution in [0, 0.1) is 0 Å². The number of nitrogens with one attached hydrogen (secondary N) is 1. The number of hydrogen-bond acceptors (Lipinski definition) is 4. The maximum atomic E-state index is 12.0. The van der Waals surface area contributed by atoms with Gasteiger partial charge in [-0.25, -0.2) is 0 Å². The summed E-state index contributed by atoms with van der Waals surface area (Å²) < 4.78 is 10.3. The molecule has 0 saturated heterocycles. The second-order valence-corrected chi connectivity index (χ2v) is 7.34. The summed E-state index contributed by atoms with van der Waals surface area (Å²) in [6.45, 7) is 7.21. The number of rotatable bonds is 7. The van der Waals surface area contributed by atoms with E-state index in [-0.39, 0.29) is 30.3 Å². The molecule has 0 spiro atoms. The predicted octanol–water partition coefficient (Wildman–Crippen LogP) is 3.86. The largest absolute Gasteiger partial charge is 0.489 e. The topological polar surface area (TPSA) is 64.6 Å². The molecule has 1 N–H and O–H groups in total. The van der Waals surface area contributed by atoms with E-state index in [1.807, 2.05) is 24.3 Å². The zero-order valence-corrected chi connectivity index (χ0v) is 16.4. The lowest BCUT2D eigenvalue weighted by molar-refractivity contribution is -0.140. The lowest BCUT2D eigenvalue weighted by Gasteiger charge is -2.19. The Labute approximate surface area is 160 Å². The number of hydrogen-bond donors (Lipinski definition) is 1. The zero-order chi connectivity index (χ0) is 19.9. The molecule has 144 valence electrons. The average molecular weight is 369 g/mol. The number of carbonyl (C=O) groups is 2. The minimum absolute atomic E-state index is 0.117. The SMILES string of the molecule is COC(=O)CCNC(=O)c1ccc(COc2ccc(C(C)(C)C)cc2)cc1. The Hall–Kier alpha value is -2.82. The van der Waals surface area contributed by atoms with E-state index in [1.165, 1.54) is 12.7 Å². The molecule has 0 aliphatic rings. The third-order valence-corrected chi connectivity index (χ3v) is 4.18. The van der Waals surface area contributed by atoms with Gasteiger partial charge in [-0.05, 0) is 40.8 Å². The van der Waals surface area contributed by atoms with Crippen molar-refractivity contribution in [1.82, 2.24) is 5.32 Å². The van der Waals surface area contributed by atoms with Gasteiger partial charge < -0.3 is 14.8 Å². The van der Waals surface area contributed by atoms with Crippen LogP contribution in [0.2, 0.25) is 0 Å². The number of carbonyl (C=O) groups excluding carboxylic acids is 2. The van der Waals surface area contributed by atoms with Gasteiger partial charge in [0.2, 0.25) is 0 Å². The fourth-order valence-corrected chi connectivity index (χ4v) is 2.45. The van der Waals surface area contributed by atoms with Crippen molar-refractivity contribution in [3.05, 3.63) is 65.2 Å². The molecule has 2 aromatic carbocycles. The Balaban J connectivity index is 1.84. The molecule has 0 unspecified atom stereocenters. The highest BCUT2D eigenvalue weighted by molar-refractivity contribution is 5.94. The van der Waals surface area contributed by atoms with Crippen LogP contribution in [0.1, 0.15) is 48.7 Å². The molecule has 0 radical (unpaired) electrons. The van der Waals surface area contributed by atoms with Crippen LogP contribution in [0.3, 0.4) is 0 Å². The predicted molar refractivity (Wildman–Crippen MR) is 105 cm³/mol. The van der Waals surface area contributed by atoms with E-state index in [0.29, 0.717) is 12.2 Å². The smallest absolute Gasteiger partial charge is 0.307 e. The second-order valence-electron chi connectivity index (χ2n) is 7.34. The monoisotopic (exact) mass is 369 g/mol. The fraction of sp³-hybridized carbons (Fsp3) is 0.364. The number of benzene rings is 2. The molecule has 2 rings (SSSR count). The Morgan fingerprint density at radius 2 is 1.59 bits per heavy atom. The van der Waals surface area contributed by atoms with Crippen LogP contribution < -0.4 is 10.1 Å². The summed E-state index contributed by atoms with van der Waals surface area (Å²) in [6, 6.07) is 15.3. The zero-order valence-electron chi connectivity index (χ0n) is 16.4. The summed E-state index contributed by atoms with van der Waals surface area (Å²) in [5.41, 5.74) is 2.89. The minimum atomic E-state index is -0.349. The van der Waals surface area contributed by atoms with Crippen molar-refractivity contribution in [3.8, 4) is 5.75 Å². The van der Waals surface area contributed by atoms with Gasteiger partial charge in [0, 0.05) is 12.1 Å². The van der Waals surface area contributed by atoms with E-state index in [9.17, 15) is 9.59 Å². The fourth-order valence-electron chi connectivity index (χ4n) is 2.45. The molecule has 0 fully saturated rings. The van der Waals surface area contributed by atoms with Gasteiger partial charge in [0.15, 0.2) is 0 Å². The van der Waals surface area contributed by atoms with Gasteiger partial charge in [0.25, 0.3) is 5.91 Å². The van der Waals surface area contributed by atoms with Crippen molar-refractivity contribution in [3.63, 3.8) is 0 Å². The van der Waals surface area contributed by atoms with Gasteiger partial charge in [-0.1, -0.05) is 45.0 Å². The van der Waals surface area contributed by atoms with E-state index in [2.05, 4.69) is 43.0 Å². The molecule has 0 bridgehead atoms. The molecule has 0 saturated carbocycles. The molecule has 27 heavy (non-hydrogen) atoms. The summed E-state index contributed by atoms with van der Waals surface area (Å²) in [5.74, 6) is 0.245. The number of amides is 1. The van der Waals surface area contributed by atoms with Crippen molar-refractivity contribution in [2.24, 2.45) is 0 Å². The minimum Gasteiger partial charge on any atom is -0.489 e. The number of ether oxygens (including phenoxy) is 2. The Morgan fingerprint density at radius 1 is 0.963 bits per heavy atom. The number of esters is 1. The molecule has 5 nitrogen and oxygen atoms in total. The average Bonchev–Trinajstić information content (AvgIpc) is 2.66. The van der Waals surface area contributed by atoms with E-state index in [1.54, 1.807) is 12.1 Å². The van der Waals surface area contributed by atoms with Gasteiger partial charge >= 0.3 is 5.97 Å². The van der Waals surface area contributed by atoms with Gasteiger partial charge in [0.05, 0.1) is 13.5 Å². The van der Waals surface area contributed by atoms with Crippen LogP contribution >= 0.6 is 0 Å². The molecule has 0 atom stereocenters. The van der Waals surface area contributed by atoms with Gasteiger partial charge in [-0.3, -0.25) is 9.59 Å². The first-order valence-electron chi connectivity index (χ1n) is 8.97. The van der Waals surface area contributed by atoms with E-state index < -0.39 is 0 Å². The lowest BCUT2D eigenvalue weighted by Crippen LogP contribution is -2.26. The summed E-state index contributed by atoms with van der Waals surface area (Å²) in [7, 11) is 1.32. The van der Waals surface area contributed by atoms with Gasteiger partial charge in [-0.15, -0.1) is 0 Å². The Kier molecular flexibility index (Phi) is 6.99. The summed E-state index contributed by atoms with van der Waals surface area (Å²) >= 11 is 0. The Morgan fingerprint density at radius 3 is 2.15 bits per heavy atom. The highest BCUT2D eigenvalue weighted by atomic mass is 16.5. The third kappa shape index (κ3) is 6.44. The van der Waals surface area contributed by atoms with Gasteiger partial charge in [-0.2, -0.15) is 0 Å². The molecule has 0 heterocycles. The van der Waals surface area contributed by atoms with Crippen LogP contribution in [-0.4, -0.2) is 25.5 Å². The summed E-state index contributed by atoms with van der Waals surface area (Å²) in [6.07, 6.45) is 0.155. The Bertz CT molecular complexity index is 758. The van der Waals surface area contributed by atoms with E-state index in [0.717, 1.165) is 11.3 Å². The van der Waals surface area contributed by atoms with E-state index >= 15 is 0 Å². The van der Waals surface area contributed by atoms with Crippen molar-refractivity contribution >= 4 is 11.9 Å². The third-order valence-electron chi connectivity index (χ3n) is 4.18. The summed E-state index contributed by atoms with van der Waals surface area (Å²) in [5, 5.41) is 2.69. The maximum absolute atomic E-state index is 12.0. The molecule has 1 amide bonds. The van der Waals surface area contributed by atoms with Crippen molar-refractivity contribution in [2.75, 3.05) is 13.7 Å². The molecule has 2 aromatic rings. The number of methoxy groups -OCH3 is 1. The highest BCUT2D eigenvalue weighted by Crippen LogP contribution is 2.24. The molecular weight excluding hydrogens is 342 g/mol. The molecule has 0 aromatic heterocycles. The van der Waals surface area contributed by atoms with Crippen LogP contribution in [0.5, 0.6) is 5.75 Å². The van der Waals surface area contributed by atoms with Crippen LogP contribution in [0.15, 0.2) is 48.5 Å². The van der Waals surface area contributed by atoms with Gasteiger partial charge in [0.1, 0.15) is 12.4 Å². The van der Waals surface area contributed by atoms with Crippen LogP contribution in [-0.2, 0) is 21.6 Å². The lowest BCUT2D eigenvalue weighted by atomic mass is 9.87. The maximum Gasteiger partial charge on any atom is 0.307 e. The molecular formula is C22H27NO4. The molecule has 0 aliphatic carbocycles. The normalized spacial score (nSPS) is 11.0. The molecule has 5 heteroatoms. The standard InChI is InChI=1S/C22H27NO4/c1-22(2,3)18-9-11-19(12-10-18)27-15-16-5-7-17(8-6-16)21(25)23-14-13-20(24)26-4/h5-12H,13-15H2,1-4H3,(H,23,25). The molecule has 0 aliphatic heterocycles. The summed E-state index contributed by atoms with van der Waals surface area (Å²) in [4.78, 5) is 23.1. The first-order chi connectivity index (χ1) is 12.8. The van der Waals surface area contributed by atoms with Crippen molar-refractivity contribution in [1.29, 1.82) is 0 Å².